The van der Waals surface area contributed by atoms with Crippen molar-refractivity contribution in [1.29, 1.82) is 0 Å². The molecule has 2 aliphatic carbocycles. The molecule has 0 amide bonds. The Morgan fingerprint density at radius 3 is 1.00 bits per heavy atom. The molecule has 78 heavy (non-hydrogen) atoms. The van der Waals surface area contributed by atoms with Gasteiger partial charge in [-0.2, -0.15) is 0 Å². The lowest BCUT2D eigenvalue weighted by atomic mass is 9.82. The van der Waals surface area contributed by atoms with E-state index in [9.17, 15) is 0 Å². The Kier molecular flexibility index (Phi) is 11.2. The van der Waals surface area contributed by atoms with E-state index in [2.05, 4.69) is 317 Å². The molecule has 2 heteroatoms. The predicted molar refractivity (Wildman–Crippen MR) is 332 cm³/mol. The van der Waals surface area contributed by atoms with Crippen molar-refractivity contribution in [2.75, 3.05) is 9.80 Å². The Morgan fingerprint density at radius 2 is 0.590 bits per heavy atom. The molecule has 2 nitrogen and oxygen atoms in total. The van der Waals surface area contributed by atoms with Gasteiger partial charge in [0.1, 0.15) is 0 Å². The van der Waals surface area contributed by atoms with Gasteiger partial charge in [0.05, 0.1) is 11.4 Å². The van der Waals surface area contributed by atoms with Gasteiger partial charge < -0.3 is 9.80 Å². The van der Waals surface area contributed by atoms with Crippen molar-refractivity contribution in [2.24, 2.45) is 0 Å². The van der Waals surface area contributed by atoms with Crippen LogP contribution in [0.1, 0.15) is 61.1 Å². The summed E-state index contributed by atoms with van der Waals surface area (Å²) in [6.07, 6.45) is 4.41. The zero-order valence-corrected chi connectivity index (χ0v) is 44.5. The molecule has 0 saturated heterocycles. The number of hydrogen-bond donors (Lipinski definition) is 0. The van der Waals surface area contributed by atoms with Crippen LogP contribution >= 0.6 is 0 Å². The fourth-order valence-corrected chi connectivity index (χ4v) is 12.7. The van der Waals surface area contributed by atoms with E-state index in [-0.39, 0.29) is 10.8 Å². The molecule has 14 rings (SSSR count). The van der Waals surface area contributed by atoms with Crippen LogP contribution in [0.15, 0.2) is 267 Å². The first-order valence-electron chi connectivity index (χ1n) is 27.3. The van der Waals surface area contributed by atoms with E-state index < -0.39 is 0 Å². The van der Waals surface area contributed by atoms with E-state index in [0.717, 1.165) is 45.3 Å². The molecule has 0 heterocycles. The van der Waals surface area contributed by atoms with Crippen LogP contribution in [-0.2, 0) is 10.8 Å². The summed E-state index contributed by atoms with van der Waals surface area (Å²) in [5, 5.41) is 4.89. The Balaban J connectivity index is 0.702. The number of fused-ring (bicyclic) bond motifs is 8. The van der Waals surface area contributed by atoms with Crippen molar-refractivity contribution < 1.29 is 0 Å². The first-order valence-corrected chi connectivity index (χ1v) is 27.3. The van der Waals surface area contributed by atoms with Gasteiger partial charge in [0.2, 0.25) is 0 Å². The molecule has 0 saturated carbocycles. The van der Waals surface area contributed by atoms with Crippen molar-refractivity contribution in [3.63, 3.8) is 0 Å². The quantitative estimate of drug-likeness (QED) is 0.126. The van der Waals surface area contributed by atoms with Crippen LogP contribution in [0.4, 0.5) is 34.1 Å². The highest BCUT2D eigenvalue weighted by molar-refractivity contribution is 6.01. The molecule has 0 aromatic heterocycles. The largest absolute Gasteiger partial charge is 0.310 e. The summed E-state index contributed by atoms with van der Waals surface area (Å²) in [5.41, 5.74) is 24.5. The Hall–Kier alpha value is -9.50. The molecular weight excluding hydrogens is 941 g/mol. The van der Waals surface area contributed by atoms with Gasteiger partial charge in [-0.05, 0) is 149 Å². The molecule has 0 aliphatic heterocycles. The Labute approximate surface area is 458 Å². The summed E-state index contributed by atoms with van der Waals surface area (Å²) in [4.78, 5) is 4.86. The summed E-state index contributed by atoms with van der Waals surface area (Å²) in [7, 11) is 0. The van der Waals surface area contributed by atoms with Gasteiger partial charge in [0, 0.05) is 44.4 Å². The van der Waals surface area contributed by atoms with Crippen LogP contribution in [0.25, 0.3) is 78.2 Å². The number of rotatable bonds is 10. The third-order valence-corrected chi connectivity index (χ3v) is 16.9. The molecule has 12 aromatic carbocycles. The summed E-state index contributed by atoms with van der Waals surface area (Å²) in [6, 6.07) is 98.4. The number of benzene rings is 12. The van der Waals surface area contributed by atoms with E-state index in [1.165, 1.54) is 88.3 Å². The van der Waals surface area contributed by atoms with E-state index in [0.29, 0.717) is 0 Å². The molecule has 0 bridgehead atoms. The molecular formula is C76H58N2. The van der Waals surface area contributed by atoms with Crippen molar-refractivity contribution in [1.82, 2.24) is 0 Å². The van der Waals surface area contributed by atoms with E-state index in [1.54, 1.807) is 0 Å². The van der Waals surface area contributed by atoms with Gasteiger partial charge in [0.25, 0.3) is 0 Å². The van der Waals surface area contributed by atoms with E-state index >= 15 is 0 Å². The lowest BCUT2D eigenvalue weighted by Gasteiger charge is -2.29. The second-order valence-electron chi connectivity index (χ2n) is 22.1. The van der Waals surface area contributed by atoms with Crippen molar-refractivity contribution in [3.05, 3.63) is 300 Å². The van der Waals surface area contributed by atoms with E-state index in [4.69, 9.17) is 0 Å². The summed E-state index contributed by atoms with van der Waals surface area (Å²) in [6.45, 7) is 9.42. The molecule has 0 radical (unpaired) electrons. The second-order valence-corrected chi connectivity index (χ2v) is 22.1. The minimum Gasteiger partial charge on any atom is -0.310 e. The van der Waals surface area contributed by atoms with E-state index in [1.807, 2.05) is 0 Å². The highest BCUT2D eigenvalue weighted by atomic mass is 15.1. The topological polar surface area (TPSA) is 6.48 Å². The SMILES string of the molecule is CC1(C)c2ccccc2-c2ccc(N(c3ccc(-c4ccc(/C=C/c5ccc(-c6ccc(N(c7ccc8c(c7)C(C)(C)c7ccccc7-8)c7cccc8ccccc78)cc6)cc5)cc4)cc3)c3cccc4ccccc34)cc21. The normalized spacial score (nSPS) is 13.5. The maximum Gasteiger partial charge on any atom is 0.0540 e. The minimum absolute atomic E-state index is 0.0993. The standard InChI is InChI=1S/C76H58N2/c1-75(2)69-23-11-9-21-65(69)67-47-45-61(49-71(67)75)77(73-25-13-17-57-15-5-7-19-63(57)73)59-41-37-55(38-42-59)53-33-29-51(30-34-53)27-28-52-31-35-54(36-32-52)56-39-43-60(44-40-56)78(74-26-14-18-58-16-6-8-20-64(58)74)62-46-48-68-66-22-10-12-24-70(66)76(3,4)72(68)50-62/h5-50H,1-4H3/b28-27+. The van der Waals surface area contributed by atoms with Gasteiger partial charge in [-0.25, -0.2) is 0 Å². The molecule has 0 unspecified atom stereocenters. The second kappa shape index (κ2) is 18.7. The van der Waals surface area contributed by atoms with Crippen LogP contribution in [0.3, 0.4) is 0 Å². The van der Waals surface area contributed by atoms with Crippen LogP contribution in [-0.4, -0.2) is 0 Å². The fraction of sp³-hybridized carbons (Fsp3) is 0.0789. The number of nitrogens with zero attached hydrogens (tertiary/aromatic N) is 2. The first-order chi connectivity index (χ1) is 38.2. The van der Waals surface area contributed by atoms with Crippen molar-refractivity contribution in [2.45, 2.75) is 38.5 Å². The van der Waals surface area contributed by atoms with Gasteiger partial charge in [-0.15, -0.1) is 0 Å². The van der Waals surface area contributed by atoms with Gasteiger partial charge in [0.15, 0.2) is 0 Å². The monoisotopic (exact) mass is 998 g/mol. The zero-order chi connectivity index (χ0) is 52.5. The van der Waals surface area contributed by atoms with Gasteiger partial charge in [-0.1, -0.05) is 246 Å². The molecule has 0 atom stereocenters. The summed E-state index contributed by atoms with van der Waals surface area (Å²) < 4.78 is 0. The number of hydrogen-bond acceptors (Lipinski definition) is 2. The maximum absolute atomic E-state index is 2.43. The van der Waals surface area contributed by atoms with Gasteiger partial charge in [-0.3, -0.25) is 0 Å². The first kappa shape index (κ1) is 47.0. The maximum atomic E-state index is 2.43. The third kappa shape index (κ3) is 7.94. The lowest BCUT2D eigenvalue weighted by molar-refractivity contribution is 0.660. The molecule has 372 valence electrons. The van der Waals surface area contributed by atoms with Crippen molar-refractivity contribution >= 4 is 67.8 Å². The van der Waals surface area contributed by atoms with Crippen molar-refractivity contribution in [3.8, 4) is 44.5 Å². The van der Waals surface area contributed by atoms with Crippen LogP contribution < -0.4 is 9.80 Å². The third-order valence-electron chi connectivity index (χ3n) is 16.9. The fourth-order valence-electron chi connectivity index (χ4n) is 12.7. The summed E-state index contributed by atoms with van der Waals surface area (Å²) in [5.74, 6) is 0. The Bertz CT molecular complexity index is 4000. The molecule has 0 spiro atoms. The van der Waals surface area contributed by atoms with Gasteiger partial charge >= 0.3 is 0 Å². The van der Waals surface area contributed by atoms with Crippen LogP contribution in [0.5, 0.6) is 0 Å². The van der Waals surface area contributed by atoms with Crippen LogP contribution in [0.2, 0.25) is 0 Å². The highest BCUT2D eigenvalue weighted by Crippen LogP contribution is 2.53. The minimum atomic E-state index is -0.0993. The molecule has 2 aliphatic rings. The average molecular weight is 999 g/mol. The average Bonchev–Trinajstić information content (AvgIpc) is 4.06. The predicted octanol–water partition coefficient (Wildman–Crippen LogP) is 21.0. The molecule has 0 N–H and O–H groups in total. The molecule has 12 aromatic rings. The number of anilines is 6. The van der Waals surface area contributed by atoms with Crippen LogP contribution in [0, 0.1) is 0 Å². The highest BCUT2D eigenvalue weighted by Gasteiger charge is 2.37. The zero-order valence-electron chi connectivity index (χ0n) is 44.5. The molecule has 0 fully saturated rings. The summed E-state index contributed by atoms with van der Waals surface area (Å²) >= 11 is 0. The lowest BCUT2D eigenvalue weighted by Crippen LogP contribution is -2.16. The Morgan fingerprint density at radius 1 is 0.269 bits per heavy atom. The smallest absolute Gasteiger partial charge is 0.0540 e.